The number of nitro groups is 1. The average molecular weight is 275 g/mol. The van der Waals surface area contributed by atoms with E-state index in [2.05, 4.69) is 12.2 Å². The van der Waals surface area contributed by atoms with Crippen LogP contribution in [0.5, 0.6) is 0 Å². The third-order valence-corrected chi connectivity index (χ3v) is 2.87. The molecule has 0 spiro atoms. The second-order valence-corrected chi connectivity index (χ2v) is 4.44. The van der Waals surface area contributed by atoms with Gasteiger partial charge in [0.1, 0.15) is 11.5 Å². The van der Waals surface area contributed by atoms with E-state index >= 15 is 0 Å². The monoisotopic (exact) mass is 274 g/mol. The molecule has 1 N–H and O–H groups in total. The maximum Gasteiger partial charge on any atom is 0.294 e. The highest BCUT2D eigenvalue weighted by molar-refractivity contribution is 6.31. The Hall–Kier alpha value is -1.36. The third kappa shape index (κ3) is 4.14. The van der Waals surface area contributed by atoms with Crippen molar-refractivity contribution in [2.24, 2.45) is 0 Å². The zero-order valence-corrected chi connectivity index (χ0v) is 11.0. The smallest absolute Gasteiger partial charge is 0.294 e. The van der Waals surface area contributed by atoms with Crippen LogP contribution in [0.4, 0.5) is 15.8 Å². The highest BCUT2D eigenvalue weighted by atomic mass is 35.5. The molecule has 0 amide bonds. The van der Waals surface area contributed by atoms with Crippen LogP contribution in [-0.2, 0) is 0 Å². The first-order chi connectivity index (χ1) is 8.56. The Labute approximate surface area is 110 Å². The molecule has 18 heavy (non-hydrogen) atoms. The van der Waals surface area contributed by atoms with E-state index in [4.69, 9.17) is 11.6 Å². The van der Waals surface area contributed by atoms with Gasteiger partial charge in [-0.3, -0.25) is 10.1 Å². The summed E-state index contributed by atoms with van der Waals surface area (Å²) in [5.41, 5.74) is -0.0183. The zero-order valence-electron chi connectivity index (χ0n) is 10.2. The van der Waals surface area contributed by atoms with Gasteiger partial charge < -0.3 is 5.32 Å². The van der Waals surface area contributed by atoms with Crippen LogP contribution < -0.4 is 5.32 Å². The molecule has 0 saturated heterocycles. The van der Waals surface area contributed by atoms with Gasteiger partial charge in [-0.15, -0.1) is 0 Å². The quantitative estimate of drug-likeness (QED) is 0.456. The van der Waals surface area contributed by atoms with E-state index in [0.29, 0.717) is 6.54 Å². The van der Waals surface area contributed by atoms with Crippen molar-refractivity contribution in [3.8, 4) is 0 Å². The molecule has 0 atom stereocenters. The molecule has 0 unspecified atom stereocenters. The van der Waals surface area contributed by atoms with Gasteiger partial charge in [-0.1, -0.05) is 37.8 Å². The molecule has 0 aliphatic rings. The Morgan fingerprint density at radius 2 is 2.11 bits per heavy atom. The maximum absolute atomic E-state index is 13.3. The van der Waals surface area contributed by atoms with E-state index in [9.17, 15) is 14.5 Å². The van der Waals surface area contributed by atoms with Crippen LogP contribution in [0.2, 0.25) is 5.02 Å². The van der Waals surface area contributed by atoms with Crippen molar-refractivity contribution in [2.75, 3.05) is 11.9 Å². The van der Waals surface area contributed by atoms with E-state index < -0.39 is 10.7 Å². The van der Waals surface area contributed by atoms with Gasteiger partial charge in [0.25, 0.3) is 5.69 Å². The molecular weight excluding hydrogens is 259 g/mol. The van der Waals surface area contributed by atoms with Crippen molar-refractivity contribution in [2.45, 2.75) is 32.6 Å². The molecule has 4 nitrogen and oxygen atoms in total. The lowest BCUT2D eigenvalue weighted by molar-refractivity contribution is -0.384. The summed E-state index contributed by atoms with van der Waals surface area (Å²) >= 11 is 5.53. The molecule has 1 aromatic rings. The molecular formula is C12H16ClFN2O2. The van der Waals surface area contributed by atoms with Crippen LogP contribution in [-0.4, -0.2) is 11.5 Å². The summed E-state index contributed by atoms with van der Waals surface area (Å²) in [5.74, 6) is -0.654. The van der Waals surface area contributed by atoms with Gasteiger partial charge in [0.2, 0.25) is 0 Å². The molecule has 0 saturated carbocycles. The second-order valence-electron chi connectivity index (χ2n) is 4.03. The number of anilines is 1. The number of hydrogen-bond acceptors (Lipinski definition) is 3. The summed E-state index contributed by atoms with van der Waals surface area (Å²) in [6.07, 6.45) is 4.19. The predicted octanol–water partition coefficient (Wildman–Crippen LogP) is 4.38. The summed E-state index contributed by atoms with van der Waals surface area (Å²) in [5, 5.41) is 13.4. The van der Waals surface area contributed by atoms with Gasteiger partial charge in [-0.25, -0.2) is 4.39 Å². The van der Waals surface area contributed by atoms with Crippen LogP contribution in [0.25, 0.3) is 0 Å². The van der Waals surface area contributed by atoms with Gasteiger partial charge in [-0.05, 0) is 6.42 Å². The van der Waals surface area contributed by atoms with E-state index in [1.165, 1.54) is 0 Å². The van der Waals surface area contributed by atoms with E-state index in [1.54, 1.807) is 0 Å². The highest BCUT2D eigenvalue weighted by Crippen LogP contribution is 2.30. The number of halogens is 2. The molecule has 0 aromatic heterocycles. The van der Waals surface area contributed by atoms with Crippen LogP contribution in [0.3, 0.4) is 0 Å². The maximum atomic E-state index is 13.3. The minimum atomic E-state index is -0.654. The number of benzene rings is 1. The van der Waals surface area contributed by atoms with Crippen molar-refractivity contribution in [1.29, 1.82) is 0 Å². The summed E-state index contributed by atoms with van der Waals surface area (Å²) in [4.78, 5) is 10.2. The summed E-state index contributed by atoms with van der Waals surface area (Å²) in [6, 6.07) is 2.10. The molecule has 1 rings (SSSR count). The Morgan fingerprint density at radius 3 is 2.72 bits per heavy atom. The molecule has 6 heteroatoms. The lowest BCUT2D eigenvalue weighted by Crippen LogP contribution is -2.05. The van der Waals surface area contributed by atoms with Crippen LogP contribution in [0, 0.1) is 15.9 Å². The number of nitrogens with one attached hydrogen (secondary N) is 1. The Balaban J connectivity index is 2.68. The molecule has 1 aromatic carbocycles. The van der Waals surface area contributed by atoms with Crippen molar-refractivity contribution in [3.05, 3.63) is 33.1 Å². The molecule has 0 radical (unpaired) electrons. The predicted molar refractivity (Wildman–Crippen MR) is 70.7 cm³/mol. The fourth-order valence-corrected chi connectivity index (χ4v) is 1.76. The lowest BCUT2D eigenvalue weighted by atomic mass is 10.2. The van der Waals surface area contributed by atoms with E-state index in [-0.39, 0.29) is 16.4 Å². The zero-order chi connectivity index (χ0) is 13.5. The number of rotatable bonds is 7. The first-order valence-electron chi connectivity index (χ1n) is 5.93. The minimum Gasteiger partial charge on any atom is -0.379 e. The third-order valence-electron chi connectivity index (χ3n) is 2.58. The number of nitrogens with zero attached hydrogens (tertiary/aromatic N) is 1. The van der Waals surface area contributed by atoms with Crippen LogP contribution in [0.15, 0.2) is 12.1 Å². The summed E-state index contributed by atoms with van der Waals surface area (Å²) < 4.78 is 13.3. The van der Waals surface area contributed by atoms with E-state index in [1.807, 2.05) is 0 Å². The largest absolute Gasteiger partial charge is 0.379 e. The fraction of sp³-hybridized carbons (Fsp3) is 0.500. The average Bonchev–Trinajstić information content (AvgIpc) is 2.32. The Bertz CT molecular complexity index is 427. The normalized spacial score (nSPS) is 10.4. The van der Waals surface area contributed by atoms with Crippen LogP contribution in [0.1, 0.15) is 32.6 Å². The first kappa shape index (κ1) is 14.7. The first-order valence-corrected chi connectivity index (χ1v) is 6.31. The van der Waals surface area contributed by atoms with Gasteiger partial charge >= 0.3 is 0 Å². The van der Waals surface area contributed by atoms with Gasteiger partial charge in [0.15, 0.2) is 0 Å². The molecule has 0 aliphatic heterocycles. The molecule has 100 valence electrons. The molecule has 0 fully saturated rings. The summed E-state index contributed by atoms with van der Waals surface area (Å²) in [6.45, 7) is 2.69. The number of nitro benzene ring substituents is 1. The van der Waals surface area contributed by atoms with Gasteiger partial charge in [-0.2, -0.15) is 0 Å². The van der Waals surface area contributed by atoms with E-state index in [0.717, 1.165) is 37.8 Å². The minimum absolute atomic E-state index is 0.179. The highest BCUT2D eigenvalue weighted by Gasteiger charge is 2.17. The number of unbranched alkanes of at least 4 members (excludes halogenated alkanes) is 3. The number of hydrogen-bond donors (Lipinski definition) is 1. The topological polar surface area (TPSA) is 55.2 Å². The fourth-order valence-electron chi connectivity index (χ4n) is 1.60. The van der Waals surface area contributed by atoms with Crippen molar-refractivity contribution in [3.63, 3.8) is 0 Å². The lowest BCUT2D eigenvalue weighted by Gasteiger charge is -2.07. The van der Waals surface area contributed by atoms with Gasteiger partial charge in [0.05, 0.1) is 9.95 Å². The van der Waals surface area contributed by atoms with Crippen molar-refractivity contribution >= 4 is 23.0 Å². The second kappa shape index (κ2) is 7.16. The summed E-state index contributed by atoms with van der Waals surface area (Å²) in [7, 11) is 0. The van der Waals surface area contributed by atoms with Crippen molar-refractivity contribution < 1.29 is 9.31 Å². The molecule has 0 heterocycles. The van der Waals surface area contributed by atoms with Gasteiger partial charge in [0, 0.05) is 18.7 Å². The molecule has 0 aliphatic carbocycles. The van der Waals surface area contributed by atoms with Crippen molar-refractivity contribution in [1.82, 2.24) is 0 Å². The Kier molecular flexibility index (Phi) is 5.85. The SMILES string of the molecule is CCCCCCNc1cc(F)c(Cl)cc1[N+](=O)[O-]. The van der Waals surface area contributed by atoms with Crippen LogP contribution >= 0.6 is 11.6 Å². The Morgan fingerprint density at radius 1 is 1.39 bits per heavy atom. The standard InChI is InChI=1S/C12H16ClFN2O2/c1-2-3-4-5-6-15-11-8-10(14)9(13)7-12(11)16(17)18/h7-8,15H,2-6H2,1H3. The molecule has 0 bridgehead atoms.